The van der Waals surface area contributed by atoms with E-state index in [1.54, 1.807) is 0 Å². The van der Waals surface area contributed by atoms with E-state index in [1.165, 1.54) is 0 Å². The second-order valence-corrected chi connectivity index (χ2v) is 4.26. The summed E-state index contributed by atoms with van der Waals surface area (Å²) in [6, 6.07) is -1.65. The predicted octanol–water partition coefficient (Wildman–Crippen LogP) is 0.0504. The van der Waals surface area contributed by atoms with Crippen LogP contribution in [0.2, 0.25) is 0 Å². The average molecular weight is 259 g/mol. The molecular formula is C11H21N3O4. The fraction of sp³-hybridized carbons (Fsp3) is 0.727. The van der Waals surface area contributed by atoms with Crippen molar-refractivity contribution < 1.29 is 19.5 Å². The molecule has 0 saturated heterocycles. The molecule has 0 aliphatic heterocycles. The van der Waals surface area contributed by atoms with Crippen molar-refractivity contribution in [2.24, 2.45) is 11.7 Å². The number of hydrogen-bond donors (Lipinski definition) is 4. The Bertz CT molecular complexity index is 307. The van der Waals surface area contributed by atoms with Crippen LogP contribution in [0.3, 0.4) is 0 Å². The minimum absolute atomic E-state index is 0.0125. The van der Waals surface area contributed by atoms with Gasteiger partial charge in [0.15, 0.2) is 0 Å². The minimum Gasteiger partial charge on any atom is -0.480 e. The molecule has 0 aliphatic carbocycles. The van der Waals surface area contributed by atoms with E-state index in [1.807, 2.05) is 13.8 Å². The predicted molar refractivity (Wildman–Crippen MR) is 65.8 cm³/mol. The molecule has 0 aromatic heterocycles. The van der Waals surface area contributed by atoms with Gasteiger partial charge >= 0.3 is 12.0 Å². The minimum atomic E-state index is -1.19. The molecule has 0 aromatic carbocycles. The zero-order chi connectivity index (χ0) is 14.1. The third-order valence-corrected chi connectivity index (χ3v) is 2.59. The van der Waals surface area contributed by atoms with Crippen LogP contribution in [0.25, 0.3) is 0 Å². The van der Waals surface area contributed by atoms with Crippen molar-refractivity contribution >= 4 is 17.9 Å². The summed E-state index contributed by atoms with van der Waals surface area (Å²) in [4.78, 5) is 32.8. The van der Waals surface area contributed by atoms with Crippen molar-refractivity contribution in [3.63, 3.8) is 0 Å². The molecule has 0 bridgehead atoms. The molecule has 3 amide bonds. The molecule has 0 aliphatic rings. The molecule has 7 heteroatoms. The normalized spacial score (nSPS) is 13.4. The van der Waals surface area contributed by atoms with E-state index in [-0.39, 0.29) is 12.8 Å². The highest BCUT2D eigenvalue weighted by molar-refractivity contribution is 5.83. The number of rotatable bonds is 8. The lowest BCUT2D eigenvalue weighted by Gasteiger charge is -2.16. The topological polar surface area (TPSA) is 122 Å². The van der Waals surface area contributed by atoms with Gasteiger partial charge in [-0.2, -0.15) is 0 Å². The van der Waals surface area contributed by atoms with Gasteiger partial charge in [-0.05, 0) is 12.3 Å². The number of carbonyl (C=O) groups is 3. The standard InChI is InChI=1S/C11H21N3O4/c1-3-7(2)6-13-11(18)14-8(10(16)17)4-5-9(12)15/h7-8H,3-6H2,1-2H3,(H2,12,15)(H,16,17)(H2,13,14,18)/t7?,8-/m1/s1. The first-order valence-electron chi connectivity index (χ1n) is 5.92. The summed E-state index contributed by atoms with van der Waals surface area (Å²) in [6.45, 7) is 4.45. The quantitative estimate of drug-likeness (QED) is 0.492. The van der Waals surface area contributed by atoms with Gasteiger partial charge in [-0.25, -0.2) is 9.59 Å². The van der Waals surface area contributed by atoms with Crippen LogP contribution in [0.5, 0.6) is 0 Å². The molecule has 2 atom stereocenters. The third kappa shape index (κ3) is 7.48. The Morgan fingerprint density at radius 2 is 1.94 bits per heavy atom. The number of aliphatic carboxylic acids is 1. The smallest absolute Gasteiger partial charge is 0.326 e. The Labute approximate surface area is 106 Å². The number of amides is 3. The van der Waals surface area contributed by atoms with E-state index in [0.717, 1.165) is 6.42 Å². The number of carbonyl (C=O) groups excluding carboxylic acids is 2. The maximum absolute atomic E-state index is 11.4. The SMILES string of the molecule is CCC(C)CNC(=O)N[C@H](CCC(N)=O)C(=O)O. The molecule has 0 aromatic rings. The lowest BCUT2D eigenvalue weighted by Crippen LogP contribution is -2.47. The molecule has 0 radical (unpaired) electrons. The van der Waals surface area contributed by atoms with Gasteiger partial charge in [0.05, 0.1) is 0 Å². The van der Waals surface area contributed by atoms with Crippen LogP contribution in [0.15, 0.2) is 0 Å². The van der Waals surface area contributed by atoms with Gasteiger partial charge in [-0.3, -0.25) is 4.79 Å². The van der Waals surface area contributed by atoms with Crippen LogP contribution in [-0.4, -0.2) is 35.6 Å². The molecule has 18 heavy (non-hydrogen) atoms. The maximum Gasteiger partial charge on any atom is 0.326 e. The summed E-state index contributed by atoms with van der Waals surface area (Å²) in [5.74, 6) is -1.46. The average Bonchev–Trinajstić information content (AvgIpc) is 2.30. The van der Waals surface area contributed by atoms with Gasteiger partial charge in [0.2, 0.25) is 5.91 Å². The highest BCUT2D eigenvalue weighted by Crippen LogP contribution is 1.99. The molecule has 0 fully saturated rings. The number of nitrogens with two attached hydrogens (primary N) is 1. The number of carboxylic acid groups (broad SMARTS) is 1. The van der Waals surface area contributed by atoms with Gasteiger partial charge in [0, 0.05) is 13.0 Å². The monoisotopic (exact) mass is 259 g/mol. The van der Waals surface area contributed by atoms with E-state index < -0.39 is 23.9 Å². The largest absolute Gasteiger partial charge is 0.480 e. The molecule has 0 rings (SSSR count). The van der Waals surface area contributed by atoms with Gasteiger partial charge in [0.25, 0.3) is 0 Å². The highest BCUT2D eigenvalue weighted by atomic mass is 16.4. The first-order valence-corrected chi connectivity index (χ1v) is 5.92. The molecular weight excluding hydrogens is 238 g/mol. The maximum atomic E-state index is 11.4. The van der Waals surface area contributed by atoms with Crippen molar-refractivity contribution in [1.82, 2.24) is 10.6 Å². The Morgan fingerprint density at radius 3 is 2.39 bits per heavy atom. The van der Waals surface area contributed by atoms with Gasteiger partial charge in [-0.1, -0.05) is 20.3 Å². The number of nitrogens with one attached hydrogen (secondary N) is 2. The van der Waals surface area contributed by atoms with E-state index in [9.17, 15) is 14.4 Å². The summed E-state index contributed by atoms with van der Waals surface area (Å²) in [7, 11) is 0. The van der Waals surface area contributed by atoms with Crippen LogP contribution < -0.4 is 16.4 Å². The van der Waals surface area contributed by atoms with E-state index in [0.29, 0.717) is 12.5 Å². The van der Waals surface area contributed by atoms with Gasteiger partial charge in [-0.15, -0.1) is 0 Å². The fourth-order valence-corrected chi connectivity index (χ4v) is 1.16. The van der Waals surface area contributed by atoms with Crippen LogP contribution in [0, 0.1) is 5.92 Å². The van der Waals surface area contributed by atoms with Crippen molar-refractivity contribution in [3.8, 4) is 0 Å². The Kier molecular flexibility index (Phi) is 7.50. The highest BCUT2D eigenvalue weighted by Gasteiger charge is 2.20. The summed E-state index contributed by atoms with van der Waals surface area (Å²) in [5, 5.41) is 13.7. The van der Waals surface area contributed by atoms with Crippen LogP contribution in [-0.2, 0) is 9.59 Å². The van der Waals surface area contributed by atoms with Crippen molar-refractivity contribution in [2.75, 3.05) is 6.54 Å². The number of urea groups is 1. The van der Waals surface area contributed by atoms with Gasteiger partial charge in [0.1, 0.15) is 6.04 Å². The number of primary amides is 1. The zero-order valence-corrected chi connectivity index (χ0v) is 10.7. The molecule has 0 heterocycles. The van der Waals surface area contributed by atoms with Crippen LogP contribution >= 0.6 is 0 Å². The van der Waals surface area contributed by atoms with Crippen LogP contribution in [0.4, 0.5) is 4.79 Å². The fourth-order valence-electron chi connectivity index (χ4n) is 1.16. The lowest BCUT2D eigenvalue weighted by atomic mass is 10.1. The van der Waals surface area contributed by atoms with Crippen LogP contribution in [0.1, 0.15) is 33.1 Å². The van der Waals surface area contributed by atoms with Crippen molar-refractivity contribution in [2.45, 2.75) is 39.2 Å². The molecule has 0 spiro atoms. The molecule has 7 nitrogen and oxygen atoms in total. The van der Waals surface area contributed by atoms with Crippen molar-refractivity contribution in [3.05, 3.63) is 0 Å². The van der Waals surface area contributed by atoms with E-state index in [4.69, 9.17) is 10.8 Å². The Hall–Kier alpha value is -1.79. The number of hydrogen-bond acceptors (Lipinski definition) is 3. The second kappa shape index (κ2) is 8.32. The van der Waals surface area contributed by atoms with E-state index in [2.05, 4.69) is 10.6 Å². The molecule has 104 valence electrons. The summed E-state index contributed by atoms with van der Waals surface area (Å²) in [6.07, 6.45) is 0.828. The summed E-state index contributed by atoms with van der Waals surface area (Å²) >= 11 is 0. The Morgan fingerprint density at radius 1 is 1.33 bits per heavy atom. The second-order valence-electron chi connectivity index (χ2n) is 4.26. The third-order valence-electron chi connectivity index (χ3n) is 2.59. The van der Waals surface area contributed by atoms with E-state index >= 15 is 0 Å². The Balaban J connectivity index is 4.11. The zero-order valence-electron chi connectivity index (χ0n) is 10.7. The molecule has 1 unspecified atom stereocenters. The van der Waals surface area contributed by atoms with Gasteiger partial charge < -0.3 is 21.5 Å². The number of carboxylic acids is 1. The first kappa shape index (κ1) is 16.2. The lowest BCUT2D eigenvalue weighted by molar-refractivity contribution is -0.139. The molecule has 0 saturated carbocycles. The van der Waals surface area contributed by atoms with Crippen molar-refractivity contribution in [1.29, 1.82) is 0 Å². The summed E-state index contributed by atoms with van der Waals surface area (Å²) < 4.78 is 0. The molecule has 5 N–H and O–H groups in total. The first-order chi connectivity index (χ1) is 8.36. The summed E-state index contributed by atoms with van der Waals surface area (Å²) in [5.41, 5.74) is 4.93.